The normalized spacial score (nSPS) is 11.6. The molecule has 1 N–H and O–H groups in total. The van der Waals surface area contributed by atoms with E-state index in [0.717, 1.165) is 26.5 Å². The summed E-state index contributed by atoms with van der Waals surface area (Å²) in [5, 5.41) is 4.12. The Labute approximate surface area is 165 Å². The molecule has 0 saturated carbocycles. The van der Waals surface area contributed by atoms with Crippen LogP contribution in [0.15, 0.2) is 34.0 Å². The van der Waals surface area contributed by atoms with Gasteiger partial charge >= 0.3 is 5.69 Å². The first-order valence-electron chi connectivity index (χ1n) is 8.94. The van der Waals surface area contributed by atoms with E-state index in [9.17, 15) is 9.59 Å². The topological polar surface area (TPSA) is 78.3 Å². The summed E-state index contributed by atoms with van der Waals surface area (Å²) in [5.74, 6) is 0.635. The van der Waals surface area contributed by atoms with Gasteiger partial charge in [0.05, 0.1) is 0 Å². The summed E-state index contributed by atoms with van der Waals surface area (Å²) in [6.07, 6.45) is 1.88. The Morgan fingerprint density at radius 3 is 2.64 bits per heavy atom. The van der Waals surface area contributed by atoms with Gasteiger partial charge in [-0.3, -0.25) is 18.3 Å². The maximum Gasteiger partial charge on any atom is 0.332 e. The highest BCUT2D eigenvalue weighted by molar-refractivity contribution is 6.31. The predicted molar refractivity (Wildman–Crippen MR) is 111 cm³/mol. The van der Waals surface area contributed by atoms with Crippen LogP contribution in [0.1, 0.15) is 11.3 Å². The molecule has 4 aromatic rings. The van der Waals surface area contributed by atoms with Crippen LogP contribution in [0.25, 0.3) is 16.9 Å². The number of imidazole rings is 2. The Morgan fingerprint density at radius 1 is 1.14 bits per heavy atom. The minimum Gasteiger partial charge on any atom is -0.383 e. The molecule has 9 heteroatoms. The fourth-order valence-corrected chi connectivity index (χ4v) is 3.68. The van der Waals surface area contributed by atoms with E-state index in [0.29, 0.717) is 30.0 Å². The second-order valence-corrected chi connectivity index (χ2v) is 7.33. The fourth-order valence-electron chi connectivity index (χ4n) is 3.51. The van der Waals surface area contributed by atoms with Crippen LogP contribution in [-0.2, 0) is 20.6 Å². The van der Waals surface area contributed by atoms with Crippen LogP contribution < -0.4 is 16.6 Å². The Kier molecular flexibility index (Phi) is 4.30. The van der Waals surface area contributed by atoms with Crippen molar-refractivity contribution in [3.05, 3.63) is 61.5 Å². The lowest BCUT2D eigenvalue weighted by molar-refractivity contribution is 0.706. The van der Waals surface area contributed by atoms with Gasteiger partial charge in [-0.15, -0.1) is 0 Å². The number of aromatic nitrogens is 5. The standard InChI is InChI=1S/C19H21ClN6O2/c1-11-10-26-15-16(23(3)19(28)24(4)17(15)27)22-18(26)25(11)9-8-21-14-7-5-6-13(20)12(14)2/h5-7,10,21H,8-9H2,1-4H3. The lowest BCUT2D eigenvalue weighted by atomic mass is 10.2. The van der Waals surface area contributed by atoms with Gasteiger partial charge < -0.3 is 9.88 Å². The molecule has 0 amide bonds. The van der Waals surface area contributed by atoms with Gasteiger partial charge in [0.2, 0.25) is 5.78 Å². The molecule has 0 aliphatic heterocycles. The minimum absolute atomic E-state index is 0.351. The van der Waals surface area contributed by atoms with Gasteiger partial charge in [0.1, 0.15) is 0 Å². The molecule has 0 fully saturated rings. The maximum absolute atomic E-state index is 12.6. The van der Waals surface area contributed by atoms with E-state index in [1.807, 2.05) is 42.8 Å². The van der Waals surface area contributed by atoms with Gasteiger partial charge in [-0.25, -0.2) is 4.79 Å². The van der Waals surface area contributed by atoms with E-state index in [1.54, 1.807) is 11.4 Å². The Bertz CT molecular complexity index is 1340. The Balaban J connectivity index is 1.74. The average Bonchev–Trinajstić information content (AvgIpc) is 3.17. The van der Waals surface area contributed by atoms with Crippen LogP contribution in [0.5, 0.6) is 0 Å². The summed E-state index contributed by atoms with van der Waals surface area (Å²) in [6.45, 7) is 5.25. The SMILES string of the molecule is Cc1c(Cl)cccc1NCCn1c(C)cn2c3c(=O)n(C)c(=O)n(C)c3nc12. The number of halogens is 1. The molecule has 3 heterocycles. The van der Waals surface area contributed by atoms with Gasteiger partial charge in [0, 0.05) is 49.8 Å². The van der Waals surface area contributed by atoms with Crippen LogP contribution >= 0.6 is 11.6 Å². The first kappa shape index (κ1) is 18.4. The lowest BCUT2D eigenvalue weighted by Gasteiger charge is -2.12. The molecule has 0 atom stereocenters. The molecule has 0 saturated heterocycles. The van der Waals surface area contributed by atoms with Crippen molar-refractivity contribution in [2.45, 2.75) is 20.4 Å². The third-order valence-electron chi connectivity index (χ3n) is 5.17. The van der Waals surface area contributed by atoms with Crippen molar-refractivity contribution in [3.8, 4) is 0 Å². The molecule has 1 aromatic carbocycles. The van der Waals surface area contributed by atoms with Crippen LogP contribution in [0.4, 0.5) is 5.69 Å². The molecule has 0 spiro atoms. The van der Waals surface area contributed by atoms with Gasteiger partial charge in [0.25, 0.3) is 5.56 Å². The average molecular weight is 401 g/mol. The van der Waals surface area contributed by atoms with Gasteiger partial charge in [0.15, 0.2) is 11.2 Å². The third kappa shape index (κ3) is 2.63. The molecule has 28 heavy (non-hydrogen) atoms. The van der Waals surface area contributed by atoms with E-state index in [2.05, 4.69) is 10.3 Å². The number of fused-ring (bicyclic) bond motifs is 3. The molecule has 0 radical (unpaired) electrons. The molecule has 146 valence electrons. The highest BCUT2D eigenvalue weighted by Gasteiger charge is 2.18. The first-order valence-corrected chi connectivity index (χ1v) is 9.32. The van der Waals surface area contributed by atoms with Crippen molar-refractivity contribution in [2.75, 3.05) is 11.9 Å². The number of aryl methyl sites for hydroxylation is 2. The summed E-state index contributed by atoms with van der Waals surface area (Å²) in [6, 6.07) is 5.76. The monoisotopic (exact) mass is 400 g/mol. The largest absolute Gasteiger partial charge is 0.383 e. The molecule has 0 aliphatic rings. The van der Waals surface area contributed by atoms with Crippen molar-refractivity contribution < 1.29 is 0 Å². The van der Waals surface area contributed by atoms with E-state index >= 15 is 0 Å². The summed E-state index contributed by atoms with van der Waals surface area (Å²) < 4.78 is 6.29. The minimum atomic E-state index is -0.389. The lowest BCUT2D eigenvalue weighted by Crippen LogP contribution is -2.37. The van der Waals surface area contributed by atoms with Crippen molar-refractivity contribution in [2.24, 2.45) is 14.1 Å². The Hall–Kier alpha value is -3.00. The zero-order valence-electron chi connectivity index (χ0n) is 16.2. The fraction of sp³-hybridized carbons (Fsp3) is 0.316. The number of nitrogens with zero attached hydrogens (tertiary/aromatic N) is 5. The van der Waals surface area contributed by atoms with Crippen molar-refractivity contribution >= 4 is 34.2 Å². The number of nitrogens with one attached hydrogen (secondary N) is 1. The molecule has 4 rings (SSSR count). The quantitative estimate of drug-likeness (QED) is 0.568. The molecule has 3 aromatic heterocycles. The van der Waals surface area contributed by atoms with E-state index in [1.165, 1.54) is 11.6 Å². The van der Waals surface area contributed by atoms with Gasteiger partial charge in [-0.2, -0.15) is 4.98 Å². The molecular weight excluding hydrogens is 380 g/mol. The van der Waals surface area contributed by atoms with Gasteiger partial charge in [-0.1, -0.05) is 17.7 Å². The van der Waals surface area contributed by atoms with E-state index < -0.39 is 0 Å². The van der Waals surface area contributed by atoms with Crippen molar-refractivity contribution in [1.29, 1.82) is 0 Å². The number of anilines is 1. The van der Waals surface area contributed by atoms with Crippen molar-refractivity contribution in [1.82, 2.24) is 23.1 Å². The molecule has 0 aliphatic carbocycles. The first-order chi connectivity index (χ1) is 13.3. The third-order valence-corrected chi connectivity index (χ3v) is 5.58. The van der Waals surface area contributed by atoms with Gasteiger partial charge in [-0.05, 0) is 31.5 Å². The van der Waals surface area contributed by atoms with Crippen LogP contribution in [0.2, 0.25) is 5.02 Å². The second kappa shape index (κ2) is 6.56. The molecule has 0 bridgehead atoms. The number of benzene rings is 1. The highest BCUT2D eigenvalue weighted by atomic mass is 35.5. The molecule has 0 unspecified atom stereocenters. The van der Waals surface area contributed by atoms with Crippen molar-refractivity contribution in [3.63, 3.8) is 0 Å². The number of rotatable bonds is 4. The number of hydrogen-bond donors (Lipinski definition) is 1. The zero-order chi connectivity index (χ0) is 20.2. The maximum atomic E-state index is 12.6. The van der Waals surface area contributed by atoms with Crippen LogP contribution in [0, 0.1) is 13.8 Å². The summed E-state index contributed by atoms with van der Waals surface area (Å²) in [4.78, 5) is 29.4. The Morgan fingerprint density at radius 2 is 1.89 bits per heavy atom. The smallest absolute Gasteiger partial charge is 0.332 e. The van der Waals surface area contributed by atoms with E-state index in [4.69, 9.17) is 11.6 Å². The van der Waals surface area contributed by atoms with E-state index in [-0.39, 0.29) is 11.2 Å². The summed E-state index contributed by atoms with van der Waals surface area (Å²) >= 11 is 6.18. The predicted octanol–water partition coefficient (Wildman–Crippen LogP) is 2.07. The highest BCUT2D eigenvalue weighted by Crippen LogP contribution is 2.23. The zero-order valence-corrected chi connectivity index (χ0v) is 16.9. The molecule has 8 nitrogen and oxygen atoms in total. The number of hydrogen-bond acceptors (Lipinski definition) is 4. The van der Waals surface area contributed by atoms with Crippen LogP contribution in [0.3, 0.4) is 0 Å². The molecular formula is C19H21ClN6O2. The summed E-state index contributed by atoms with van der Waals surface area (Å²) in [7, 11) is 3.10. The summed E-state index contributed by atoms with van der Waals surface area (Å²) in [5.41, 5.74) is 3.01. The van der Waals surface area contributed by atoms with Crippen LogP contribution in [-0.4, -0.2) is 29.6 Å². The second-order valence-electron chi connectivity index (χ2n) is 6.92.